The van der Waals surface area contributed by atoms with E-state index in [2.05, 4.69) is 36.5 Å². The Kier molecular flexibility index (Phi) is 4.33. The first-order valence-corrected chi connectivity index (χ1v) is 6.72. The molecule has 3 heteroatoms. The smallest absolute Gasteiger partial charge is 0.248 e. The highest BCUT2D eigenvalue weighted by atomic mass is 19.3. The van der Waals surface area contributed by atoms with Gasteiger partial charge in [-0.2, -0.15) is 0 Å². The monoisotopic (exact) mass is 253 g/mol. The first kappa shape index (κ1) is 13.5. The van der Waals surface area contributed by atoms with E-state index in [4.69, 9.17) is 0 Å². The van der Waals surface area contributed by atoms with Crippen LogP contribution >= 0.6 is 0 Å². The van der Waals surface area contributed by atoms with Crippen LogP contribution < -0.4 is 5.32 Å². The van der Waals surface area contributed by atoms with Crippen molar-refractivity contribution in [1.29, 1.82) is 0 Å². The van der Waals surface area contributed by atoms with Crippen LogP contribution in [0.3, 0.4) is 0 Å². The second-order valence-corrected chi connectivity index (χ2v) is 5.32. The molecule has 1 aliphatic carbocycles. The molecule has 0 unspecified atom stereocenters. The summed E-state index contributed by atoms with van der Waals surface area (Å²) in [6, 6.07) is 8.75. The Balaban J connectivity index is 1.68. The van der Waals surface area contributed by atoms with Gasteiger partial charge in [0.05, 0.1) is 0 Å². The topological polar surface area (TPSA) is 12.0 Å². The minimum Gasteiger partial charge on any atom is -0.314 e. The first-order valence-electron chi connectivity index (χ1n) is 6.72. The van der Waals surface area contributed by atoms with Gasteiger partial charge in [-0.1, -0.05) is 29.8 Å². The van der Waals surface area contributed by atoms with Gasteiger partial charge in [0, 0.05) is 18.9 Å². The number of benzene rings is 1. The van der Waals surface area contributed by atoms with E-state index >= 15 is 0 Å². The van der Waals surface area contributed by atoms with E-state index < -0.39 is 5.92 Å². The molecule has 1 aromatic rings. The van der Waals surface area contributed by atoms with Crippen molar-refractivity contribution in [1.82, 2.24) is 5.32 Å². The van der Waals surface area contributed by atoms with Crippen molar-refractivity contribution in [2.45, 2.75) is 51.0 Å². The summed E-state index contributed by atoms with van der Waals surface area (Å²) in [6.07, 6.45) is 2.24. The molecule has 1 fully saturated rings. The lowest BCUT2D eigenvalue weighted by Gasteiger charge is -2.28. The molecule has 0 aliphatic heterocycles. The molecule has 2 rings (SSSR count). The van der Waals surface area contributed by atoms with E-state index in [1.165, 1.54) is 11.1 Å². The summed E-state index contributed by atoms with van der Waals surface area (Å²) in [7, 11) is 0. The fourth-order valence-corrected chi connectivity index (χ4v) is 2.42. The lowest BCUT2D eigenvalue weighted by molar-refractivity contribution is -0.0403. The van der Waals surface area contributed by atoms with Crippen molar-refractivity contribution >= 4 is 0 Å². The Bertz CT molecular complexity index is 363. The third-order valence-corrected chi connectivity index (χ3v) is 3.68. The lowest BCUT2D eigenvalue weighted by atomic mass is 9.92. The van der Waals surface area contributed by atoms with Crippen LogP contribution in [-0.4, -0.2) is 18.5 Å². The minimum atomic E-state index is -2.42. The van der Waals surface area contributed by atoms with Crippen molar-refractivity contribution in [3.05, 3.63) is 35.4 Å². The molecule has 0 radical (unpaired) electrons. The second-order valence-electron chi connectivity index (χ2n) is 5.32. The highest BCUT2D eigenvalue weighted by Gasteiger charge is 2.34. The number of aryl methyl sites for hydroxylation is 1. The van der Waals surface area contributed by atoms with Crippen LogP contribution in [0.5, 0.6) is 0 Å². The van der Waals surface area contributed by atoms with Gasteiger partial charge in [0.25, 0.3) is 0 Å². The molecule has 0 bridgehead atoms. The molecule has 18 heavy (non-hydrogen) atoms. The maximum Gasteiger partial charge on any atom is 0.248 e. The van der Waals surface area contributed by atoms with E-state index in [0.29, 0.717) is 12.8 Å². The van der Waals surface area contributed by atoms with Crippen LogP contribution in [0.1, 0.15) is 36.8 Å². The largest absolute Gasteiger partial charge is 0.314 e. The number of alkyl halides is 2. The molecular weight excluding hydrogens is 232 g/mol. The molecular formula is C15H21F2N. The summed E-state index contributed by atoms with van der Waals surface area (Å²) >= 11 is 0. The van der Waals surface area contributed by atoms with Crippen LogP contribution in [-0.2, 0) is 6.42 Å². The predicted molar refractivity (Wildman–Crippen MR) is 70.1 cm³/mol. The van der Waals surface area contributed by atoms with E-state index in [-0.39, 0.29) is 18.9 Å². The van der Waals surface area contributed by atoms with Gasteiger partial charge in [0.15, 0.2) is 0 Å². The van der Waals surface area contributed by atoms with Gasteiger partial charge in [-0.3, -0.25) is 0 Å². The summed E-state index contributed by atoms with van der Waals surface area (Å²) in [5.41, 5.74) is 2.57. The molecule has 1 aromatic carbocycles. The summed E-state index contributed by atoms with van der Waals surface area (Å²) in [6.45, 7) is 2.95. The van der Waals surface area contributed by atoms with Crippen LogP contribution in [0, 0.1) is 6.92 Å². The number of nitrogens with one attached hydrogen (secondary N) is 1. The van der Waals surface area contributed by atoms with Crippen LogP contribution in [0.25, 0.3) is 0 Å². The zero-order valence-corrected chi connectivity index (χ0v) is 10.9. The summed E-state index contributed by atoms with van der Waals surface area (Å²) < 4.78 is 25.9. The van der Waals surface area contributed by atoms with Crippen molar-refractivity contribution in [2.75, 3.05) is 6.54 Å². The van der Waals surface area contributed by atoms with Gasteiger partial charge in [-0.05, 0) is 38.3 Å². The van der Waals surface area contributed by atoms with Crippen molar-refractivity contribution in [3.8, 4) is 0 Å². The van der Waals surface area contributed by atoms with Crippen LogP contribution in [0.2, 0.25) is 0 Å². The van der Waals surface area contributed by atoms with Gasteiger partial charge in [-0.15, -0.1) is 0 Å². The standard InChI is InChI=1S/C15H21F2N/c1-12-2-4-13(5-3-12)8-11-18-14-6-9-15(16,17)10-7-14/h2-5,14,18H,6-11H2,1H3. The van der Waals surface area contributed by atoms with Crippen molar-refractivity contribution in [2.24, 2.45) is 0 Å². The molecule has 1 aliphatic rings. The third-order valence-electron chi connectivity index (χ3n) is 3.68. The Morgan fingerprint density at radius 3 is 2.39 bits per heavy atom. The zero-order valence-electron chi connectivity index (χ0n) is 10.9. The average Bonchev–Trinajstić information content (AvgIpc) is 2.34. The van der Waals surface area contributed by atoms with Crippen LogP contribution in [0.15, 0.2) is 24.3 Å². The Hall–Kier alpha value is -0.960. The summed E-state index contributed by atoms with van der Waals surface area (Å²) in [5.74, 6) is -2.42. The minimum absolute atomic E-state index is 0.0369. The SMILES string of the molecule is Cc1ccc(CCNC2CCC(F)(F)CC2)cc1. The average molecular weight is 253 g/mol. The second kappa shape index (κ2) is 5.79. The van der Waals surface area contributed by atoms with E-state index in [0.717, 1.165) is 13.0 Å². The Morgan fingerprint density at radius 2 is 1.78 bits per heavy atom. The van der Waals surface area contributed by atoms with Gasteiger partial charge < -0.3 is 5.32 Å². The molecule has 0 amide bonds. The highest BCUT2D eigenvalue weighted by molar-refractivity contribution is 5.21. The predicted octanol–water partition coefficient (Wildman–Crippen LogP) is 3.71. The number of hydrogen-bond acceptors (Lipinski definition) is 1. The fourth-order valence-electron chi connectivity index (χ4n) is 2.42. The lowest BCUT2D eigenvalue weighted by Crippen LogP contribution is -2.37. The van der Waals surface area contributed by atoms with Gasteiger partial charge in [0.1, 0.15) is 0 Å². The molecule has 1 N–H and O–H groups in total. The summed E-state index contributed by atoms with van der Waals surface area (Å²) in [4.78, 5) is 0. The Morgan fingerprint density at radius 1 is 1.17 bits per heavy atom. The molecule has 0 heterocycles. The van der Waals surface area contributed by atoms with Crippen molar-refractivity contribution in [3.63, 3.8) is 0 Å². The molecule has 100 valence electrons. The first-order chi connectivity index (χ1) is 8.55. The zero-order chi connectivity index (χ0) is 13.0. The molecule has 1 saturated carbocycles. The van der Waals surface area contributed by atoms with Gasteiger partial charge >= 0.3 is 0 Å². The maximum absolute atomic E-state index is 13.0. The molecule has 0 spiro atoms. The third kappa shape index (κ3) is 4.05. The highest BCUT2D eigenvalue weighted by Crippen LogP contribution is 2.32. The van der Waals surface area contributed by atoms with E-state index in [1.54, 1.807) is 0 Å². The Labute approximate surface area is 108 Å². The molecule has 0 saturated heterocycles. The van der Waals surface area contributed by atoms with Crippen LogP contribution in [0.4, 0.5) is 8.78 Å². The molecule has 0 aromatic heterocycles. The molecule has 0 atom stereocenters. The fraction of sp³-hybridized carbons (Fsp3) is 0.600. The number of hydrogen-bond donors (Lipinski definition) is 1. The van der Waals surface area contributed by atoms with Gasteiger partial charge in [-0.25, -0.2) is 8.78 Å². The number of halogens is 2. The maximum atomic E-state index is 13.0. The normalized spacial score (nSPS) is 19.9. The molecule has 1 nitrogen and oxygen atoms in total. The van der Waals surface area contributed by atoms with E-state index in [1.807, 2.05) is 0 Å². The summed E-state index contributed by atoms with van der Waals surface area (Å²) in [5, 5.41) is 3.39. The number of rotatable bonds is 4. The van der Waals surface area contributed by atoms with Gasteiger partial charge in [0.2, 0.25) is 5.92 Å². The van der Waals surface area contributed by atoms with Crippen molar-refractivity contribution < 1.29 is 8.78 Å². The van der Waals surface area contributed by atoms with E-state index in [9.17, 15) is 8.78 Å². The quantitative estimate of drug-likeness (QED) is 0.862.